The molecule has 1 aliphatic rings. The molecule has 36 heavy (non-hydrogen) atoms. The maximum Gasteiger partial charge on any atom is 0.573 e. The molecule has 0 unspecified atom stereocenters. The predicted octanol–water partition coefficient (Wildman–Crippen LogP) is 5.17. The lowest BCUT2D eigenvalue weighted by atomic mass is 9.74. The highest BCUT2D eigenvalue weighted by Gasteiger charge is 2.37. The minimum atomic E-state index is -4.73. The van der Waals surface area contributed by atoms with Crippen LogP contribution in [0.5, 0.6) is 5.75 Å². The minimum absolute atomic E-state index is 0.144. The lowest BCUT2D eigenvalue weighted by Crippen LogP contribution is -2.43. The van der Waals surface area contributed by atoms with Crippen LogP contribution in [0.3, 0.4) is 0 Å². The number of methoxy groups -OCH3 is 1. The molecule has 2 aromatic carbocycles. The van der Waals surface area contributed by atoms with Crippen LogP contribution in [-0.2, 0) is 24.2 Å². The summed E-state index contributed by atoms with van der Waals surface area (Å²) in [7, 11) is 1.63. The van der Waals surface area contributed by atoms with Crippen molar-refractivity contribution in [2.45, 2.75) is 38.7 Å². The SMILES string of the molecule is COCC1(Cc2ccccc2OC(F)(F)F)CCN(Cc2cncn2Cc2ccc(C#N)cc2)CC1. The fourth-order valence-corrected chi connectivity index (χ4v) is 4.87. The first-order chi connectivity index (χ1) is 17.3. The van der Waals surface area contributed by atoms with Crippen LogP contribution in [0.1, 0.15) is 35.2 Å². The topological polar surface area (TPSA) is 63.3 Å². The van der Waals surface area contributed by atoms with E-state index < -0.39 is 6.36 Å². The van der Waals surface area contributed by atoms with Gasteiger partial charge in [0, 0.05) is 31.8 Å². The van der Waals surface area contributed by atoms with E-state index in [-0.39, 0.29) is 11.2 Å². The van der Waals surface area contributed by atoms with Crippen LogP contribution in [0.15, 0.2) is 61.1 Å². The molecular formula is C27H29F3N4O2. The van der Waals surface area contributed by atoms with Gasteiger partial charge in [0.2, 0.25) is 0 Å². The van der Waals surface area contributed by atoms with Crippen LogP contribution < -0.4 is 4.74 Å². The fourth-order valence-electron chi connectivity index (χ4n) is 4.87. The first-order valence-electron chi connectivity index (χ1n) is 11.8. The van der Waals surface area contributed by atoms with E-state index in [2.05, 4.69) is 25.3 Å². The fraction of sp³-hybridized carbons (Fsp3) is 0.407. The van der Waals surface area contributed by atoms with Crippen molar-refractivity contribution in [1.29, 1.82) is 5.26 Å². The summed E-state index contributed by atoms with van der Waals surface area (Å²) in [4.78, 5) is 6.67. The molecule has 0 aliphatic carbocycles. The Labute approximate surface area is 208 Å². The number of nitrogens with zero attached hydrogens (tertiary/aromatic N) is 4. The number of likely N-dealkylation sites (tertiary alicyclic amines) is 1. The molecule has 1 fully saturated rings. The maximum atomic E-state index is 12.9. The van der Waals surface area contributed by atoms with E-state index in [1.54, 1.807) is 25.3 Å². The van der Waals surface area contributed by atoms with Crippen molar-refractivity contribution in [1.82, 2.24) is 14.5 Å². The second-order valence-electron chi connectivity index (χ2n) is 9.36. The number of piperidine rings is 1. The van der Waals surface area contributed by atoms with Crippen molar-refractivity contribution in [3.63, 3.8) is 0 Å². The van der Waals surface area contributed by atoms with Gasteiger partial charge in [0.1, 0.15) is 5.75 Å². The van der Waals surface area contributed by atoms with Gasteiger partial charge in [-0.25, -0.2) is 4.98 Å². The molecule has 190 valence electrons. The van der Waals surface area contributed by atoms with Gasteiger partial charge in [-0.3, -0.25) is 4.90 Å². The van der Waals surface area contributed by atoms with Gasteiger partial charge in [-0.1, -0.05) is 30.3 Å². The van der Waals surface area contributed by atoms with Crippen molar-refractivity contribution in [3.8, 4) is 11.8 Å². The third-order valence-electron chi connectivity index (χ3n) is 6.75. The molecule has 6 nitrogen and oxygen atoms in total. The predicted molar refractivity (Wildman–Crippen MR) is 128 cm³/mol. The van der Waals surface area contributed by atoms with Gasteiger partial charge in [-0.2, -0.15) is 5.26 Å². The monoisotopic (exact) mass is 498 g/mol. The summed E-state index contributed by atoms with van der Waals surface area (Å²) in [6.45, 7) is 3.46. The van der Waals surface area contributed by atoms with E-state index in [0.717, 1.165) is 43.7 Å². The highest BCUT2D eigenvalue weighted by molar-refractivity contribution is 5.35. The number of hydrogen-bond acceptors (Lipinski definition) is 5. The second-order valence-corrected chi connectivity index (χ2v) is 9.36. The number of alkyl halides is 3. The Balaban J connectivity index is 1.40. The molecule has 2 heterocycles. The molecule has 3 aromatic rings. The first kappa shape index (κ1) is 25.7. The Morgan fingerprint density at radius 3 is 2.44 bits per heavy atom. The van der Waals surface area contributed by atoms with Crippen LogP contribution in [0.2, 0.25) is 0 Å². The largest absolute Gasteiger partial charge is 0.573 e. The van der Waals surface area contributed by atoms with Gasteiger partial charge in [0.05, 0.1) is 30.3 Å². The Hall–Kier alpha value is -3.35. The molecule has 0 spiro atoms. The van der Waals surface area contributed by atoms with Gasteiger partial charge in [0.15, 0.2) is 0 Å². The van der Waals surface area contributed by atoms with E-state index in [4.69, 9.17) is 10.00 Å². The summed E-state index contributed by atoms with van der Waals surface area (Å²) in [5.74, 6) is -0.144. The van der Waals surface area contributed by atoms with E-state index >= 15 is 0 Å². The van der Waals surface area contributed by atoms with Gasteiger partial charge < -0.3 is 14.0 Å². The lowest BCUT2D eigenvalue weighted by Gasteiger charge is -2.42. The zero-order valence-corrected chi connectivity index (χ0v) is 20.2. The van der Waals surface area contributed by atoms with Gasteiger partial charge in [-0.15, -0.1) is 13.2 Å². The first-order valence-corrected chi connectivity index (χ1v) is 11.8. The Bertz CT molecular complexity index is 1180. The molecular weight excluding hydrogens is 469 g/mol. The van der Waals surface area contributed by atoms with Crippen LogP contribution in [0.25, 0.3) is 0 Å². The summed E-state index contributed by atoms with van der Waals surface area (Å²) < 4.78 is 50.6. The zero-order chi connectivity index (χ0) is 25.6. The Kier molecular flexibility index (Phi) is 7.97. The molecule has 0 N–H and O–H groups in total. The summed E-state index contributed by atoms with van der Waals surface area (Å²) in [5, 5.41) is 8.99. The standard InChI is InChI=1S/C27H29F3N4O2/c1-35-19-26(14-23-4-2-3-5-25(23)36-27(28,29)30)10-12-33(13-11-26)18-24-16-32-20-34(24)17-22-8-6-21(15-31)7-9-22/h2-9,16,20H,10-14,17-19H2,1H3. The number of nitriles is 1. The van der Waals surface area contributed by atoms with E-state index in [0.29, 0.717) is 30.7 Å². The van der Waals surface area contributed by atoms with Gasteiger partial charge in [0.25, 0.3) is 0 Å². The number of hydrogen-bond donors (Lipinski definition) is 0. The van der Waals surface area contributed by atoms with Crippen molar-refractivity contribution < 1.29 is 22.6 Å². The lowest BCUT2D eigenvalue weighted by molar-refractivity contribution is -0.275. The number of para-hydroxylation sites is 1. The van der Waals surface area contributed by atoms with E-state index in [1.807, 2.05) is 36.8 Å². The quantitative estimate of drug-likeness (QED) is 0.407. The highest BCUT2D eigenvalue weighted by Crippen LogP contribution is 2.39. The molecule has 1 aliphatic heterocycles. The average Bonchev–Trinajstić information content (AvgIpc) is 3.28. The summed E-state index contributed by atoms with van der Waals surface area (Å²) in [6, 6.07) is 16.0. The normalized spacial score (nSPS) is 16.0. The van der Waals surface area contributed by atoms with Crippen molar-refractivity contribution in [2.24, 2.45) is 5.41 Å². The number of rotatable bonds is 9. The summed E-state index contributed by atoms with van der Waals surface area (Å²) >= 11 is 0. The number of ether oxygens (including phenoxy) is 2. The van der Waals surface area contributed by atoms with E-state index in [1.165, 1.54) is 6.07 Å². The average molecular weight is 499 g/mol. The Morgan fingerprint density at radius 1 is 1.06 bits per heavy atom. The second kappa shape index (κ2) is 11.1. The molecule has 0 bridgehead atoms. The molecule has 0 amide bonds. The smallest absolute Gasteiger partial charge is 0.406 e. The molecule has 1 aromatic heterocycles. The number of halogens is 3. The molecule has 0 radical (unpaired) electrons. The minimum Gasteiger partial charge on any atom is -0.406 e. The molecule has 9 heteroatoms. The highest BCUT2D eigenvalue weighted by atomic mass is 19.4. The van der Waals surface area contributed by atoms with Crippen molar-refractivity contribution >= 4 is 0 Å². The molecule has 4 rings (SSSR count). The number of aromatic nitrogens is 2. The van der Waals surface area contributed by atoms with Crippen molar-refractivity contribution in [2.75, 3.05) is 26.8 Å². The maximum absolute atomic E-state index is 12.9. The zero-order valence-electron chi connectivity index (χ0n) is 20.2. The van der Waals surface area contributed by atoms with Gasteiger partial charge >= 0.3 is 6.36 Å². The Morgan fingerprint density at radius 2 is 1.78 bits per heavy atom. The van der Waals surface area contributed by atoms with Crippen LogP contribution >= 0.6 is 0 Å². The third-order valence-corrected chi connectivity index (χ3v) is 6.75. The van der Waals surface area contributed by atoms with Crippen LogP contribution in [0.4, 0.5) is 13.2 Å². The molecule has 0 atom stereocenters. The molecule has 1 saturated heterocycles. The van der Waals surface area contributed by atoms with Crippen LogP contribution in [-0.4, -0.2) is 47.6 Å². The number of benzene rings is 2. The third kappa shape index (κ3) is 6.65. The summed E-state index contributed by atoms with van der Waals surface area (Å²) in [6.07, 6.45) is 0.998. The molecule has 0 saturated carbocycles. The van der Waals surface area contributed by atoms with Crippen LogP contribution in [0, 0.1) is 16.7 Å². The van der Waals surface area contributed by atoms with Gasteiger partial charge in [-0.05, 0) is 61.7 Å². The summed E-state index contributed by atoms with van der Waals surface area (Å²) in [5.41, 5.74) is 3.08. The van der Waals surface area contributed by atoms with Crippen molar-refractivity contribution in [3.05, 3.63) is 83.4 Å². The van der Waals surface area contributed by atoms with E-state index in [9.17, 15) is 13.2 Å². The number of imidazole rings is 1.